The molecule has 0 amide bonds. The Kier molecular flexibility index (Phi) is 1.93. The predicted octanol–water partition coefficient (Wildman–Crippen LogP) is -0.851. The SMILES string of the molecule is Cn1nnnc1N=Nc1nnnn1C. The summed E-state index contributed by atoms with van der Waals surface area (Å²) in [6, 6.07) is 0. The molecule has 0 aliphatic rings. The highest BCUT2D eigenvalue weighted by Gasteiger charge is 2.01. The van der Waals surface area contributed by atoms with E-state index in [9.17, 15) is 0 Å². The minimum Gasteiger partial charge on any atom is -0.212 e. The lowest BCUT2D eigenvalue weighted by Crippen LogP contribution is -1.90. The molecule has 0 bridgehead atoms. The van der Waals surface area contributed by atoms with Crippen molar-refractivity contribution < 1.29 is 0 Å². The molecule has 2 aromatic heterocycles. The first-order chi connectivity index (χ1) is 6.77. The van der Waals surface area contributed by atoms with Gasteiger partial charge in [0.05, 0.1) is 0 Å². The third-order valence-corrected chi connectivity index (χ3v) is 1.42. The van der Waals surface area contributed by atoms with Crippen LogP contribution < -0.4 is 0 Å². The molecule has 0 aromatic carbocycles. The summed E-state index contributed by atoms with van der Waals surface area (Å²) in [5.74, 6) is 0.570. The number of tetrazole rings is 2. The summed E-state index contributed by atoms with van der Waals surface area (Å²) in [5, 5.41) is 28.7. The quantitative estimate of drug-likeness (QED) is 0.575. The number of nitrogens with zero attached hydrogens (tertiary/aromatic N) is 10. The fourth-order valence-corrected chi connectivity index (χ4v) is 0.708. The number of hydrogen-bond donors (Lipinski definition) is 0. The van der Waals surface area contributed by atoms with Gasteiger partial charge in [-0.15, -0.1) is 10.2 Å². The van der Waals surface area contributed by atoms with E-state index < -0.39 is 0 Å². The highest BCUT2D eigenvalue weighted by molar-refractivity contribution is 5.13. The number of azo groups is 1. The molecule has 0 fully saturated rings. The van der Waals surface area contributed by atoms with Gasteiger partial charge in [0, 0.05) is 14.1 Å². The molecule has 0 unspecified atom stereocenters. The van der Waals surface area contributed by atoms with E-state index in [1.54, 1.807) is 14.1 Å². The van der Waals surface area contributed by atoms with E-state index >= 15 is 0 Å². The van der Waals surface area contributed by atoms with Gasteiger partial charge in [0.1, 0.15) is 0 Å². The van der Waals surface area contributed by atoms with Gasteiger partial charge in [0.2, 0.25) is 0 Å². The van der Waals surface area contributed by atoms with Gasteiger partial charge in [-0.3, -0.25) is 0 Å². The first-order valence-corrected chi connectivity index (χ1v) is 3.64. The molecule has 0 aliphatic carbocycles. The summed E-state index contributed by atoms with van der Waals surface area (Å²) in [4.78, 5) is 0. The van der Waals surface area contributed by atoms with E-state index in [4.69, 9.17) is 0 Å². The van der Waals surface area contributed by atoms with Crippen molar-refractivity contribution in [1.82, 2.24) is 40.4 Å². The van der Waals surface area contributed by atoms with Crippen molar-refractivity contribution in [3.05, 3.63) is 0 Å². The largest absolute Gasteiger partial charge is 0.287 e. The zero-order valence-electron chi connectivity index (χ0n) is 7.47. The summed E-state index contributed by atoms with van der Waals surface area (Å²) in [6.45, 7) is 0. The first kappa shape index (κ1) is 8.34. The Hall–Kier alpha value is -2.26. The minimum absolute atomic E-state index is 0.285. The topological polar surface area (TPSA) is 112 Å². The zero-order chi connectivity index (χ0) is 9.97. The van der Waals surface area contributed by atoms with Crippen LogP contribution >= 0.6 is 0 Å². The Morgan fingerprint density at radius 3 is 1.57 bits per heavy atom. The summed E-state index contributed by atoms with van der Waals surface area (Å²) < 4.78 is 2.76. The molecule has 2 rings (SSSR count). The standard InChI is InChI=1S/C4H6N10/c1-13-3(7-9-11-13)5-6-4-8-10-12-14(4)2/h1-2H3. The van der Waals surface area contributed by atoms with Gasteiger partial charge in [-0.1, -0.05) is 10.2 Å². The van der Waals surface area contributed by atoms with Crippen molar-refractivity contribution in [3.63, 3.8) is 0 Å². The van der Waals surface area contributed by atoms with Gasteiger partial charge < -0.3 is 0 Å². The molecule has 2 heterocycles. The predicted molar refractivity (Wildman–Crippen MR) is 41.8 cm³/mol. The second kappa shape index (κ2) is 3.24. The van der Waals surface area contributed by atoms with Crippen molar-refractivity contribution in [1.29, 1.82) is 0 Å². The molecule has 0 atom stereocenters. The fraction of sp³-hybridized carbons (Fsp3) is 0.500. The molecule has 0 N–H and O–H groups in total. The average molecular weight is 194 g/mol. The third kappa shape index (κ3) is 1.44. The lowest BCUT2D eigenvalue weighted by molar-refractivity contribution is 0.702. The fourth-order valence-electron chi connectivity index (χ4n) is 0.708. The molecule has 0 spiro atoms. The molecule has 2 aromatic rings. The van der Waals surface area contributed by atoms with Crippen molar-refractivity contribution in [2.75, 3.05) is 0 Å². The molecule has 10 nitrogen and oxygen atoms in total. The molecule has 0 aliphatic heterocycles. The normalized spacial score (nSPS) is 11.3. The number of aromatic nitrogens is 8. The Labute approximate surface area is 77.6 Å². The highest BCUT2D eigenvalue weighted by atomic mass is 15.6. The van der Waals surface area contributed by atoms with Crippen molar-refractivity contribution in [3.8, 4) is 0 Å². The van der Waals surface area contributed by atoms with Crippen LogP contribution in [0.1, 0.15) is 0 Å². The van der Waals surface area contributed by atoms with E-state index in [-0.39, 0.29) is 11.9 Å². The lowest BCUT2D eigenvalue weighted by Gasteiger charge is -1.88. The molecular formula is C4H6N10. The molecule has 10 heteroatoms. The molecular weight excluding hydrogens is 188 g/mol. The monoisotopic (exact) mass is 194 g/mol. The van der Waals surface area contributed by atoms with E-state index in [0.29, 0.717) is 0 Å². The lowest BCUT2D eigenvalue weighted by atomic mass is 11.0. The molecule has 14 heavy (non-hydrogen) atoms. The zero-order valence-corrected chi connectivity index (χ0v) is 7.47. The van der Waals surface area contributed by atoms with Crippen molar-refractivity contribution in [2.45, 2.75) is 0 Å². The number of hydrogen-bond acceptors (Lipinski definition) is 8. The second-order valence-electron chi connectivity index (χ2n) is 2.40. The number of aryl methyl sites for hydroxylation is 2. The Morgan fingerprint density at radius 2 is 1.29 bits per heavy atom. The highest BCUT2D eigenvalue weighted by Crippen LogP contribution is 2.08. The first-order valence-electron chi connectivity index (χ1n) is 3.64. The smallest absolute Gasteiger partial charge is 0.212 e. The molecule has 72 valence electrons. The maximum atomic E-state index is 3.76. The second-order valence-corrected chi connectivity index (χ2v) is 2.40. The summed E-state index contributed by atoms with van der Waals surface area (Å²) in [7, 11) is 3.31. The van der Waals surface area contributed by atoms with E-state index in [0.717, 1.165) is 0 Å². The Bertz CT molecular complexity index is 408. The maximum Gasteiger partial charge on any atom is 0.287 e. The van der Waals surface area contributed by atoms with Gasteiger partial charge in [0.15, 0.2) is 0 Å². The van der Waals surface area contributed by atoms with E-state index in [1.807, 2.05) is 0 Å². The van der Waals surface area contributed by atoms with Crippen LogP contribution in [-0.2, 0) is 14.1 Å². The van der Waals surface area contributed by atoms with Gasteiger partial charge >= 0.3 is 0 Å². The van der Waals surface area contributed by atoms with E-state index in [1.165, 1.54) is 9.36 Å². The van der Waals surface area contributed by atoms with Crippen LogP contribution in [0.5, 0.6) is 0 Å². The Balaban J connectivity index is 2.23. The Morgan fingerprint density at radius 1 is 0.857 bits per heavy atom. The summed E-state index contributed by atoms with van der Waals surface area (Å²) >= 11 is 0. The summed E-state index contributed by atoms with van der Waals surface area (Å²) in [5.41, 5.74) is 0. The van der Waals surface area contributed by atoms with Gasteiger partial charge in [-0.05, 0) is 20.9 Å². The van der Waals surface area contributed by atoms with Crippen LogP contribution in [0.4, 0.5) is 11.9 Å². The van der Waals surface area contributed by atoms with Crippen LogP contribution in [0.25, 0.3) is 0 Å². The van der Waals surface area contributed by atoms with Crippen LogP contribution in [0.2, 0.25) is 0 Å². The van der Waals surface area contributed by atoms with Crippen LogP contribution in [0, 0.1) is 0 Å². The van der Waals surface area contributed by atoms with Crippen LogP contribution in [0.3, 0.4) is 0 Å². The van der Waals surface area contributed by atoms with E-state index in [2.05, 4.69) is 41.3 Å². The molecule has 0 radical (unpaired) electrons. The van der Waals surface area contributed by atoms with Crippen molar-refractivity contribution in [2.24, 2.45) is 24.3 Å². The van der Waals surface area contributed by atoms with Gasteiger partial charge in [-0.25, -0.2) is 9.36 Å². The van der Waals surface area contributed by atoms with Crippen LogP contribution in [0.15, 0.2) is 10.2 Å². The maximum absolute atomic E-state index is 3.76. The average Bonchev–Trinajstić information content (AvgIpc) is 2.72. The minimum atomic E-state index is 0.285. The van der Waals surface area contributed by atoms with Crippen molar-refractivity contribution >= 4 is 11.9 Å². The molecule has 0 saturated heterocycles. The van der Waals surface area contributed by atoms with Gasteiger partial charge in [0.25, 0.3) is 11.9 Å². The molecule has 0 saturated carbocycles. The van der Waals surface area contributed by atoms with Crippen LogP contribution in [-0.4, -0.2) is 40.4 Å². The van der Waals surface area contributed by atoms with Gasteiger partial charge in [-0.2, -0.15) is 0 Å². The number of rotatable bonds is 2. The third-order valence-electron chi connectivity index (χ3n) is 1.42. The summed E-state index contributed by atoms with van der Waals surface area (Å²) in [6.07, 6.45) is 0.